The van der Waals surface area contributed by atoms with Gasteiger partial charge in [0.15, 0.2) is 28.7 Å². The molecule has 0 saturated heterocycles. The summed E-state index contributed by atoms with van der Waals surface area (Å²) >= 11 is 1.27. The van der Waals surface area contributed by atoms with Crippen molar-refractivity contribution >= 4 is 23.0 Å². The van der Waals surface area contributed by atoms with Crippen molar-refractivity contribution < 1.29 is 23.5 Å². The second-order valence-corrected chi connectivity index (χ2v) is 6.99. The van der Waals surface area contributed by atoms with E-state index in [4.69, 9.17) is 9.47 Å². The lowest BCUT2D eigenvalue weighted by Crippen LogP contribution is -2.20. The van der Waals surface area contributed by atoms with Crippen molar-refractivity contribution in [2.24, 2.45) is 4.99 Å². The molecule has 1 heterocycles. The summed E-state index contributed by atoms with van der Waals surface area (Å²) in [6.45, 7) is 1.42. The summed E-state index contributed by atoms with van der Waals surface area (Å²) in [5, 5.41) is 1.78. The van der Waals surface area contributed by atoms with Crippen LogP contribution in [0.1, 0.15) is 22.8 Å². The van der Waals surface area contributed by atoms with E-state index in [0.717, 1.165) is 0 Å². The lowest BCUT2D eigenvalue weighted by molar-refractivity contribution is -0.120. The van der Waals surface area contributed by atoms with Crippen molar-refractivity contribution in [2.45, 2.75) is 13.5 Å². The van der Waals surface area contributed by atoms with Gasteiger partial charge in [0, 0.05) is 22.7 Å². The van der Waals surface area contributed by atoms with Gasteiger partial charge in [-0.15, -0.1) is 11.3 Å². The highest BCUT2D eigenvalue weighted by Crippen LogP contribution is 2.28. The normalized spacial score (nSPS) is 11.3. The number of nitrogens with zero attached hydrogens (tertiary/aromatic N) is 2. The Morgan fingerprint density at radius 1 is 1.17 bits per heavy atom. The van der Waals surface area contributed by atoms with Gasteiger partial charge in [-0.2, -0.15) is 4.99 Å². The van der Waals surface area contributed by atoms with Crippen molar-refractivity contribution in [2.75, 3.05) is 13.7 Å². The minimum Gasteiger partial charge on any atom is -0.493 e. The minimum absolute atomic E-state index is 0.0990. The van der Waals surface area contributed by atoms with Crippen LogP contribution in [-0.2, 0) is 11.3 Å². The minimum atomic E-state index is -0.493. The summed E-state index contributed by atoms with van der Waals surface area (Å²) in [6.07, 6.45) is 1.74. The molecule has 0 bridgehead atoms. The lowest BCUT2D eigenvalue weighted by atomic mass is 10.1. The lowest BCUT2D eigenvalue weighted by Gasteiger charge is -2.10. The van der Waals surface area contributed by atoms with E-state index in [2.05, 4.69) is 4.99 Å². The van der Waals surface area contributed by atoms with Gasteiger partial charge in [-0.25, -0.2) is 4.39 Å². The molecule has 2 aromatic carbocycles. The Balaban J connectivity index is 1.72. The van der Waals surface area contributed by atoms with Gasteiger partial charge in [-0.05, 0) is 31.2 Å². The molecule has 0 N–H and O–H groups in total. The van der Waals surface area contributed by atoms with Crippen LogP contribution in [-0.4, -0.2) is 30.0 Å². The number of ether oxygens (including phenoxy) is 2. The van der Waals surface area contributed by atoms with Crippen molar-refractivity contribution in [1.82, 2.24) is 4.57 Å². The molecule has 0 fully saturated rings. The van der Waals surface area contributed by atoms with Gasteiger partial charge in [0.1, 0.15) is 5.82 Å². The van der Waals surface area contributed by atoms with E-state index in [-0.39, 0.29) is 24.8 Å². The third-order valence-electron chi connectivity index (χ3n) is 4.10. The first-order valence-electron chi connectivity index (χ1n) is 8.74. The van der Waals surface area contributed by atoms with E-state index >= 15 is 0 Å². The molecule has 0 radical (unpaired) electrons. The predicted octanol–water partition coefficient (Wildman–Crippen LogP) is 3.45. The van der Waals surface area contributed by atoms with Gasteiger partial charge in [-0.1, -0.05) is 18.2 Å². The standard InChI is InChI=1S/C21H19FN2O4S/c1-14(25)15-7-8-18(19(11-15)27-2)28-13-20(26)23-21-24(9-10-29-21)12-16-5-3-4-6-17(16)22/h3-11H,12-13H2,1-2H3. The van der Waals surface area contributed by atoms with Gasteiger partial charge in [0.25, 0.3) is 5.91 Å². The average molecular weight is 414 g/mol. The molecule has 3 aromatic rings. The maximum atomic E-state index is 13.9. The van der Waals surface area contributed by atoms with E-state index in [1.807, 2.05) is 0 Å². The molecular formula is C21H19FN2O4S. The largest absolute Gasteiger partial charge is 0.493 e. The number of benzene rings is 2. The van der Waals surface area contributed by atoms with Gasteiger partial charge in [-0.3, -0.25) is 9.59 Å². The number of methoxy groups -OCH3 is 1. The smallest absolute Gasteiger partial charge is 0.286 e. The number of carbonyl (C=O) groups is 2. The Morgan fingerprint density at radius 2 is 1.97 bits per heavy atom. The van der Waals surface area contributed by atoms with Crippen molar-refractivity contribution in [3.8, 4) is 11.5 Å². The molecule has 3 rings (SSSR count). The highest BCUT2D eigenvalue weighted by molar-refractivity contribution is 7.07. The van der Waals surface area contributed by atoms with E-state index in [1.54, 1.807) is 52.5 Å². The quantitative estimate of drug-likeness (QED) is 0.555. The summed E-state index contributed by atoms with van der Waals surface area (Å²) in [4.78, 5) is 28.2. The summed E-state index contributed by atoms with van der Waals surface area (Å²) < 4.78 is 26.3. The molecule has 0 saturated carbocycles. The predicted molar refractivity (Wildman–Crippen MR) is 107 cm³/mol. The van der Waals surface area contributed by atoms with Gasteiger partial charge >= 0.3 is 0 Å². The van der Waals surface area contributed by atoms with Crippen LogP contribution in [0.2, 0.25) is 0 Å². The van der Waals surface area contributed by atoms with Crippen LogP contribution < -0.4 is 14.3 Å². The number of rotatable bonds is 7. The SMILES string of the molecule is COc1cc(C(C)=O)ccc1OCC(=O)N=c1sccn1Cc1ccccc1F. The molecule has 0 unspecified atom stereocenters. The van der Waals surface area contributed by atoms with Crippen LogP contribution in [0.25, 0.3) is 0 Å². The summed E-state index contributed by atoms with van der Waals surface area (Å²) in [6, 6.07) is 11.2. The monoisotopic (exact) mass is 414 g/mol. The number of carbonyl (C=O) groups excluding carboxylic acids is 2. The third kappa shape index (κ3) is 5.17. The fourth-order valence-electron chi connectivity index (χ4n) is 2.60. The second-order valence-electron chi connectivity index (χ2n) is 6.12. The van der Waals surface area contributed by atoms with Crippen LogP contribution >= 0.6 is 11.3 Å². The van der Waals surface area contributed by atoms with E-state index in [9.17, 15) is 14.0 Å². The van der Waals surface area contributed by atoms with Crippen LogP contribution in [0.15, 0.2) is 59.0 Å². The molecule has 0 aliphatic heterocycles. The molecule has 0 spiro atoms. The van der Waals surface area contributed by atoms with Crippen LogP contribution in [0.3, 0.4) is 0 Å². The number of thiazole rings is 1. The number of halogens is 1. The molecule has 0 atom stereocenters. The highest BCUT2D eigenvalue weighted by atomic mass is 32.1. The summed E-state index contributed by atoms with van der Waals surface area (Å²) in [5.74, 6) is -0.207. The zero-order chi connectivity index (χ0) is 20.8. The summed E-state index contributed by atoms with van der Waals surface area (Å²) in [7, 11) is 1.45. The molecule has 1 aromatic heterocycles. The Labute approximate surface area is 170 Å². The fourth-order valence-corrected chi connectivity index (χ4v) is 3.35. The number of amides is 1. The maximum Gasteiger partial charge on any atom is 0.286 e. The molecule has 0 aliphatic rings. The first kappa shape index (κ1) is 20.5. The van der Waals surface area contributed by atoms with Crippen molar-refractivity contribution in [3.05, 3.63) is 75.8 Å². The average Bonchev–Trinajstić information content (AvgIpc) is 3.14. The number of ketones is 1. The number of hydrogen-bond acceptors (Lipinski definition) is 5. The maximum absolute atomic E-state index is 13.9. The number of aromatic nitrogens is 1. The van der Waals surface area contributed by atoms with Gasteiger partial charge in [0.05, 0.1) is 13.7 Å². The topological polar surface area (TPSA) is 69.9 Å². The second kappa shape index (κ2) is 9.29. The van der Waals surface area contributed by atoms with Gasteiger partial charge < -0.3 is 14.0 Å². The first-order valence-corrected chi connectivity index (χ1v) is 9.62. The van der Waals surface area contributed by atoms with Crippen LogP contribution in [0.5, 0.6) is 11.5 Å². The molecule has 1 amide bonds. The van der Waals surface area contributed by atoms with Gasteiger partial charge in [0.2, 0.25) is 0 Å². The molecular weight excluding hydrogens is 395 g/mol. The van der Waals surface area contributed by atoms with Crippen molar-refractivity contribution in [1.29, 1.82) is 0 Å². The Bertz CT molecular complexity index is 1100. The Kier molecular flexibility index (Phi) is 6.56. The molecule has 6 nitrogen and oxygen atoms in total. The van der Waals surface area contributed by atoms with Crippen molar-refractivity contribution in [3.63, 3.8) is 0 Å². The van der Waals surface area contributed by atoms with Crippen LogP contribution in [0.4, 0.5) is 4.39 Å². The van der Waals surface area contributed by atoms with E-state index in [1.165, 1.54) is 31.4 Å². The molecule has 0 aliphatic carbocycles. The van der Waals surface area contributed by atoms with E-state index in [0.29, 0.717) is 27.4 Å². The van der Waals surface area contributed by atoms with E-state index < -0.39 is 5.91 Å². The Hall–Kier alpha value is -3.26. The molecule has 150 valence electrons. The Morgan fingerprint density at radius 3 is 2.69 bits per heavy atom. The first-order chi connectivity index (χ1) is 14.0. The summed E-state index contributed by atoms with van der Waals surface area (Å²) in [5.41, 5.74) is 0.990. The van der Waals surface area contributed by atoms with Crippen LogP contribution in [0, 0.1) is 5.82 Å². The number of hydrogen-bond donors (Lipinski definition) is 0. The third-order valence-corrected chi connectivity index (χ3v) is 4.89. The zero-order valence-corrected chi connectivity index (χ0v) is 16.7. The molecule has 29 heavy (non-hydrogen) atoms. The molecule has 8 heteroatoms. The fraction of sp³-hybridized carbons (Fsp3) is 0.190. The highest BCUT2D eigenvalue weighted by Gasteiger charge is 2.11. The zero-order valence-electron chi connectivity index (χ0n) is 15.9. The number of Topliss-reactive ketones (excluding diaryl/α,β-unsaturated/α-hetero) is 1.